The number of rotatable bonds is 3. The van der Waals surface area contributed by atoms with Gasteiger partial charge in [-0.3, -0.25) is 4.79 Å². The maximum absolute atomic E-state index is 13.8. The fourth-order valence-electron chi connectivity index (χ4n) is 2.21. The van der Waals surface area contributed by atoms with Crippen molar-refractivity contribution >= 4 is 15.8 Å². The summed E-state index contributed by atoms with van der Waals surface area (Å²) in [4.78, 5) is 10.5. The molecule has 2 rings (SSSR count). The molecule has 1 saturated heterocycles. The summed E-state index contributed by atoms with van der Waals surface area (Å²) in [6.07, 6.45) is 0.977. The number of hydrogen-bond acceptors (Lipinski definition) is 4. The van der Waals surface area contributed by atoms with Gasteiger partial charge < -0.3 is 10.4 Å². The molecule has 0 aliphatic carbocycles. The van der Waals surface area contributed by atoms with E-state index in [0.29, 0.717) is 6.07 Å². The minimum atomic E-state index is -3.67. The third-order valence-electron chi connectivity index (χ3n) is 3.31. The minimum Gasteiger partial charge on any atom is -0.481 e. The standard InChI is InChI=1S/C12H13F2NO4S/c1-20(18,19)7-3-8(11(14)9(13)4-7)10-2-6(5-15-10)12(16)17/h3-4,6,10,15H,2,5H2,1H3,(H,16,17). The second kappa shape index (κ2) is 5.10. The number of carboxylic acids is 1. The lowest BCUT2D eigenvalue weighted by atomic mass is 9.99. The normalized spacial score (nSPS) is 22.9. The third kappa shape index (κ3) is 2.80. The zero-order valence-electron chi connectivity index (χ0n) is 10.6. The fraction of sp³-hybridized carbons (Fsp3) is 0.417. The second-order valence-electron chi connectivity index (χ2n) is 4.81. The van der Waals surface area contributed by atoms with Crippen LogP contribution in [0, 0.1) is 17.6 Å². The molecule has 8 heteroatoms. The van der Waals surface area contributed by atoms with E-state index in [1.165, 1.54) is 0 Å². The van der Waals surface area contributed by atoms with E-state index < -0.39 is 39.4 Å². The van der Waals surface area contributed by atoms with Crippen molar-refractivity contribution in [1.82, 2.24) is 5.32 Å². The molecule has 1 aliphatic heterocycles. The predicted molar refractivity (Wildman–Crippen MR) is 66.0 cm³/mol. The smallest absolute Gasteiger partial charge is 0.307 e. The quantitative estimate of drug-likeness (QED) is 0.817. The fourth-order valence-corrected chi connectivity index (χ4v) is 2.87. The van der Waals surface area contributed by atoms with E-state index in [4.69, 9.17) is 5.11 Å². The summed E-state index contributed by atoms with van der Waals surface area (Å²) in [6.45, 7) is 0.129. The molecule has 5 nitrogen and oxygen atoms in total. The topological polar surface area (TPSA) is 83.5 Å². The summed E-state index contributed by atoms with van der Waals surface area (Å²) >= 11 is 0. The Morgan fingerprint density at radius 3 is 2.55 bits per heavy atom. The van der Waals surface area contributed by atoms with E-state index in [-0.39, 0.29) is 23.4 Å². The van der Waals surface area contributed by atoms with Crippen LogP contribution < -0.4 is 5.32 Å². The molecular weight excluding hydrogens is 292 g/mol. The van der Waals surface area contributed by atoms with Gasteiger partial charge in [0, 0.05) is 24.4 Å². The van der Waals surface area contributed by atoms with Crippen LogP contribution in [0.3, 0.4) is 0 Å². The van der Waals surface area contributed by atoms with Crippen molar-refractivity contribution in [1.29, 1.82) is 0 Å². The Labute approximate surface area is 114 Å². The number of sulfone groups is 1. The van der Waals surface area contributed by atoms with Crippen LogP contribution in [0.5, 0.6) is 0 Å². The van der Waals surface area contributed by atoms with Crippen LogP contribution in [0.4, 0.5) is 8.78 Å². The van der Waals surface area contributed by atoms with Crippen molar-refractivity contribution in [2.75, 3.05) is 12.8 Å². The molecule has 0 bridgehead atoms. The Bertz CT molecular complexity index is 660. The highest BCUT2D eigenvalue weighted by molar-refractivity contribution is 7.90. The van der Waals surface area contributed by atoms with Gasteiger partial charge in [-0.15, -0.1) is 0 Å². The Morgan fingerprint density at radius 2 is 2.05 bits per heavy atom. The molecule has 1 aromatic rings. The Hall–Kier alpha value is -1.54. The number of aliphatic carboxylic acids is 1. The maximum atomic E-state index is 13.8. The van der Waals surface area contributed by atoms with Crippen LogP contribution in [-0.4, -0.2) is 32.3 Å². The molecule has 1 aromatic carbocycles. The average Bonchev–Trinajstić information content (AvgIpc) is 2.80. The maximum Gasteiger partial charge on any atom is 0.307 e. The van der Waals surface area contributed by atoms with Gasteiger partial charge in [0.2, 0.25) is 0 Å². The third-order valence-corrected chi connectivity index (χ3v) is 4.41. The SMILES string of the molecule is CS(=O)(=O)c1cc(F)c(F)c(C2CC(C(=O)O)CN2)c1. The van der Waals surface area contributed by atoms with Gasteiger partial charge in [0.15, 0.2) is 21.5 Å². The van der Waals surface area contributed by atoms with Crippen LogP contribution in [-0.2, 0) is 14.6 Å². The number of carboxylic acid groups (broad SMARTS) is 1. The molecule has 2 N–H and O–H groups in total. The van der Waals surface area contributed by atoms with Crippen molar-refractivity contribution in [3.05, 3.63) is 29.3 Å². The van der Waals surface area contributed by atoms with E-state index >= 15 is 0 Å². The Balaban J connectivity index is 2.42. The second-order valence-corrected chi connectivity index (χ2v) is 6.83. The van der Waals surface area contributed by atoms with Gasteiger partial charge in [-0.2, -0.15) is 0 Å². The van der Waals surface area contributed by atoms with E-state index in [1.807, 2.05) is 0 Å². The van der Waals surface area contributed by atoms with Crippen LogP contribution in [0.15, 0.2) is 17.0 Å². The van der Waals surface area contributed by atoms with Crippen LogP contribution in [0.25, 0.3) is 0 Å². The first-order chi connectivity index (χ1) is 9.20. The van der Waals surface area contributed by atoms with Crippen molar-refractivity contribution in [2.24, 2.45) is 5.92 Å². The van der Waals surface area contributed by atoms with Crippen molar-refractivity contribution < 1.29 is 27.1 Å². The molecule has 2 atom stereocenters. The number of halogens is 2. The van der Waals surface area contributed by atoms with Gasteiger partial charge in [-0.1, -0.05) is 0 Å². The van der Waals surface area contributed by atoms with Gasteiger partial charge >= 0.3 is 5.97 Å². The molecule has 0 saturated carbocycles. The van der Waals surface area contributed by atoms with Crippen molar-refractivity contribution in [2.45, 2.75) is 17.4 Å². The number of hydrogen-bond donors (Lipinski definition) is 2. The molecular formula is C12H13F2NO4S. The zero-order chi connectivity index (χ0) is 15.1. The lowest BCUT2D eigenvalue weighted by Gasteiger charge is -2.13. The summed E-state index contributed by atoms with van der Waals surface area (Å²) < 4.78 is 50.2. The summed E-state index contributed by atoms with van der Waals surface area (Å²) in [6, 6.07) is 0.959. The highest BCUT2D eigenvalue weighted by atomic mass is 32.2. The van der Waals surface area contributed by atoms with E-state index in [9.17, 15) is 22.0 Å². The molecule has 2 unspecified atom stereocenters. The van der Waals surface area contributed by atoms with Gasteiger partial charge in [0.1, 0.15) is 0 Å². The molecule has 110 valence electrons. The highest BCUT2D eigenvalue weighted by Gasteiger charge is 2.33. The highest BCUT2D eigenvalue weighted by Crippen LogP contribution is 2.31. The Morgan fingerprint density at radius 1 is 1.40 bits per heavy atom. The zero-order valence-corrected chi connectivity index (χ0v) is 11.4. The number of carbonyl (C=O) groups is 1. The van der Waals surface area contributed by atoms with Gasteiger partial charge in [-0.05, 0) is 18.6 Å². The molecule has 20 heavy (non-hydrogen) atoms. The summed E-state index contributed by atoms with van der Waals surface area (Å²) in [5.74, 6) is -4.14. The number of benzene rings is 1. The molecule has 1 aliphatic rings. The lowest BCUT2D eigenvalue weighted by molar-refractivity contribution is -0.141. The van der Waals surface area contributed by atoms with Gasteiger partial charge in [-0.25, -0.2) is 17.2 Å². The average molecular weight is 305 g/mol. The lowest BCUT2D eigenvalue weighted by Crippen LogP contribution is -2.18. The summed E-state index contributed by atoms with van der Waals surface area (Å²) in [7, 11) is -3.67. The molecule has 1 fully saturated rings. The molecule has 0 radical (unpaired) electrons. The Kier molecular flexibility index (Phi) is 3.79. The molecule has 0 amide bonds. The summed E-state index contributed by atoms with van der Waals surface area (Å²) in [5, 5.41) is 11.7. The first-order valence-corrected chi connectivity index (χ1v) is 7.74. The first kappa shape index (κ1) is 14.9. The predicted octanol–water partition coefficient (Wildman–Crippen LogP) is 1.10. The minimum absolute atomic E-state index is 0.0823. The van der Waals surface area contributed by atoms with Gasteiger partial charge in [0.25, 0.3) is 0 Å². The van der Waals surface area contributed by atoms with Crippen LogP contribution in [0.2, 0.25) is 0 Å². The molecule has 0 spiro atoms. The van der Waals surface area contributed by atoms with Crippen LogP contribution in [0.1, 0.15) is 18.0 Å². The van der Waals surface area contributed by atoms with Crippen LogP contribution >= 0.6 is 0 Å². The van der Waals surface area contributed by atoms with E-state index in [2.05, 4.69) is 5.32 Å². The van der Waals surface area contributed by atoms with Crippen molar-refractivity contribution in [3.63, 3.8) is 0 Å². The summed E-state index contributed by atoms with van der Waals surface area (Å²) in [5.41, 5.74) is -0.158. The van der Waals surface area contributed by atoms with Gasteiger partial charge in [0.05, 0.1) is 10.8 Å². The molecule has 0 aromatic heterocycles. The number of nitrogens with one attached hydrogen (secondary N) is 1. The largest absolute Gasteiger partial charge is 0.481 e. The van der Waals surface area contributed by atoms with Crippen molar-refractivity contribution in [3.8, 4) is 0 Å². The van der Waals surface area contributed by atoms with E-state index in [1.54, 1.807) is 0 Å². The first-order valence-electron chi connectivity index (χ1n) is 5.85. The molecule has 1 heterocycles. The van der Waals surface area contributed by atoms with E-state index in [0.717, 1.165) is 12.3 Å². The monoisotopic (exact) mass is 305 g/mol.